The normalized spacial score (nSPS) is 11.0. The molecule has 0 aliphatic rings. The predicted molar refractivity (Wildman–Crippen MR) is 96.2 cm³/mol. The molecular weight excluding hydrogens is 271 g/mol. The molecule has 0 aliphatic carbocycles. The minimum absolute atomic E-state index is 0.0702. The van der Waals surface area contributed by atoms with Gasteiger partial charge in [0.05, 0.1) is 0 Å². The van der Waals surface area contributed by atoms with Crippen LogP contribution >= 0.6 is 7.92 Å². The van der Waals surface area contributed by atoms with E-state index in [-0.39, 0.29) is 7.92 Å². The second-order valence-corrected chi connectivity index (χ2v) is 8.16. The maximum absolute atomic E-state index is 2.29. The summed E-state index contributed by atoms with van der Waals surface area (Å²) >= 11 is 0. The second-order valence-electron chi connectivity index (χ2n) is 5.74. The standard InChI is InChI=1S/C20H27P/c1-2-3-4-11-16-21(17-19-12-7-5-8-13-19)18-20-14-9-6-10-15-20/h5-10,12-15H,2-4,11,16-18H2,1H3. The minimum Gasteiger partial charge on any atom is -0.0977 e. The lowest BCUT2D eigenvalue weighted by Crippen LogP contribution is -1.94. The van der Waals surface area contributed by atoms with Crippen molar-refractivity contribution in [1.82, 2.24) is 0 Å². The predicted octanol–water partition coefficient (Wildman–Crippen LogP) is 6.45. The monoisotopic (exact) mass is 298 g/mol. The highest BCUT2D eigenvalue weighted by Crippen LogP contribution is 2.44. The molecule has 0 N–H and O–H groups in total. The van der Waals surface area contributed by atoms with E-state index in [2.05, 4.69) is 67.6 Å². The van der Waals surface area contributed by atoms with Crippen molar-refractivity contribution < 1.29 is 0 Å². The Morgan fingerprint density at radius 2 is 1.19 bits per heavy atom. The van der Waals surface area contributed by atoms with E-state index in [1.807, 2.05) is 0 Å². The van der Waals surface area contributed by atoms with Crippen molar-refractivity contribution in [2.45, 2.75) is 44.9 Å². The van der Waals surface area contributed by atoms with E-state index >= 15 is 0 Å². The molecular formula is C20H27P. The highest BCUT2D eigenvalue weighted by molar-refractivity contribution is 7.56. The zero-order chi connectivity index (χ0) is 14.8. The fourth-order valence-electron chi connectivity index (χ4n) is 2.66. The van der Waals surface area contributed by atoms with Crippen molar-refractivity contribution in [2.24, 2.45) is 0 Å². The first-order valence-electron chi connectivity index (χ1n) is 8.18. The summed E-state index contributed by atoms with van der Waals surface area (Å²) in [5.41, 5.74) is 3.02. The van der Waals surface area contributed by atoms with Crippen LogP contribution in [0.4, 0.5) is 0 Å². The quantitative estimate of drug-likeness (QED) is 0.368. The van der Waals surface area contributed by atoms with Gasteiger partial charge in [0, 0.05) is 0 Å². The van der Waals surface area contributed by atoms with Gasteiger partial charge < -0.3 is 0 Å². The fourth-order valence-corrected chi connectivity index (χ4v) is 5.21. The van der Waals surface area contributed by atoms with E-state index < -0.39 is 0 Å². The van der Waals surface area contributed by atoms with Crippen LogP contribution in [0.25, 0.3) is 0 Å². The lowest BCUT2D eigenvalue weighted by molar-refractivity contribution is 0.704. The van der Waals surface area contributed by atoms with Gasteiger partial charge in [0.25, 0.3) is 0 Å². The van der Waals surface area contributed by atoms with Crippen LogP contribution < -0.4 is 0 Å². The fraction of sp³-hybridized carbons (Fsp3) is 0.400. The van der Waals surface area contributed by atoms with Crippen molar-refractivity contribution in [2.75, 3.05) is 6.16 Å². The van der Waals surface area contributed by atoms with Gasteiger partial charge in [-0.1, -0.05) is 94.8 Å². The van der Waals surface area contributed by atoms with E-state index in [4.69, 9.17) is 0 Å². The Balaban J connectivity index is 1.93. The Bertz CT molecular complexity index is 436. The molecule has 0 saturated heterocycles. The van der Waals surface area contributed by atoms with Crippen molar-refractivity contribution in [3.8, 4) is 0 Å². The van der Waals surface area contributed by atoms with Gasteiger partial charge in [-0.25, -0.2) is 0 Å². The highest BCUT2D eigenvalue weighted by atomic mass is 31.1. The van der Waals surface area contributed by atoms with Crippen molar-refractivity contribution in [3.05, 3.63) is 71.8 Å². The molecule has 112 valence electrons. The topological polar surface area (TPSA) is 0 Å². The molecule has 0 fully saturated rings. The molecule has 2 rings (SSSR count). The lowest BCUT2D eigenvalue weighted by Gasteiger charge is -2.18. The van der Waals surface area contributed by atoms with E-state index in [1.165, 1.54) is 55.3 Å². The molecule has 21 heavy (non-hydrogen) atoms. The van der Waals surface area contributed by atoms with Gasteiger partial charge in [0.2, 0.25) is 0 Å². The van der Waals surface area contributed by atoms with Crippen LogP contribution in [-0.4, -0.2) is 6.16 Å². The van der Waals surface area contributed by atoms with Crippen molar-refractivity contribution in [3.63, 3.8) is 0 Å². The summed E-state index contributed by atoms with van der Waals surface area (Å²) in [6, 6.07) is 22.0. The lowest BCUT2D eigenvalue weighted by atomic mass is 10.2. The average molecular weight is 298 g/mol. The summed E-state index contributed by atoms with van der Waals surface area (Å²) in [6.45, 7) is 2.29. The van der Waals surface area contributed by atoms with Gasteiger partial charge in [-0.2, -0.15) is 0 Å². The Morgan fingerprint density at radius 1 is 0.667 bits per heavy atom. The summed E-state index contributed by atoms with van der Waals surface area (Å²) in [4.78, 5) is 0. The number of rotatable bonds is 9. The van der Waals surface area contributed by atoms with E-state index in [0.29, 0.717) is 0 Å². The molecule has 0 atom stereocenters. The second kappa shape index (κ2) is 9.74. The van der Waals surface area contributed by atoms with Crippen molar-refractivity contribution >= 4 is 7.92 Å². The first-order valence-corrected chi connectivity index (χ1v) is 10.1. The zero-order valence-electron chi connectivity index (χ0n) is 13.2. The average Bonchev–Trinajstić information content (AvgIpc) is 2.53. The van der Waals surface area contributed by atoms with Crippen LogP contribution in [0.5, 0.6) is 0 Å². The van der Waals surface area contributed by atoms with Crippen LogP contribution in [0.2, 0.25) is 0 Å². The van der Waals surface area contributed by atoms with E-state index in [1.54, 1.807) is 0 Å². The maximum Gasteiger partial charge on any atom is -0.00701 e. The molecule has 0 radical (unpaired) electrons. The van der Waals surface area contributed by atoms with Gasteiger partial charge in [0.1, 0.15) is 0 Å². The van der Waals surface area contributed by atoms with Crippen LogP contribution in [-0.2, 0) is 12.3 Å². The van der Waals surface area contributed by atoms with Gasteiger partial charge in [-0.15, -0.1) is 0 Å². The summed E-state index contributed by atoms with van der Waals surface area (Å²) in [7, 11) is 0.0702. The third-order valence-electron chi connectivity index (χ3n) is 3.83. The summed E-state index contributed by atoms with van der Waals surface area (Å²) < 4.78 is 0. The third-order valence-corrected chi connectivity index (χ3v) is 6.40. The summed E-state index contributed by atoms with van der Waals surface area (Å²) in [5, 5.41) is 0. The largest absolute Gasteiger partial charge is 0.0977 e. The van der Waals surface area contributed by atoms with Crippen LogP contribution in [0, 0.1) is 0 Å². The van der Waals surface area contributed by atoms with Crippen LogP contribution in [0.3, 0.4) is 0 Å². The van der Waals surface area contributed by atoms with Gasteiger partial charge in [-0.3, -0.25) is 0 Å². The van der Waals surface area contributed by atoms with Gasteiger partial charge in [0.15, 0.2) is 0 Å². The Kier molecular flexibility index (Phi) is 7.54. The van der Waals surface area contributed by atoms with Crippen LogP contribution in [0.15, 0.2) is 60.7 Å². The molecule has 0 aliphatic heterocycles. The molecule has 1 heteroatoms. The zero-order valence-corrected chi connectivity index (χ0v) is 14.1. The molecule has 0 heterocycles. The Labute approximate surface area is 131 Å². The first-order chi connectivity index (χ1) is 10.4. The number of hydrogen-bond donors (Lipinski definition) is 0. The molecule has 0 bridgehead atoms. The molecule has 0 amide bonds. The van der Waals surface area contributed by atoms with Crippen molar-refractivity contribution in [1.29, 1.82) is 0 Å². The summed E-state index contributed by atoms with van der Waals surface area (Å²) in [6.07, 6.45) is 9.49. The van der Waals surface area contributed by atoms with Gasteiger partial charge >= 0.3 is 0 Å². The molecule has 2 aromatic rings. The third kappa shape index (κ3) is 6.44. The highest BCUT2D eigenvalue weighted by Gasteiger charge is 2.09. The number of hydrogen-bond acceptors (Lipinski definition) is 0. The van der Waals surface area contributed by atoms with E-state index in [0.717, 1.165) is 0 Å². The van der Waals surface area contributed by atoms with Gasteiger partial charge in [-0.05, 0) is 36.0 Å². The maximum atomic E-state index is 2.29. The minimum atomic E-state index is 0.0702. The molecule has 0 saturated carbocycles. The Hall–Kier alpha value is -1.13. The number of unbranched alkanes of at least 4 members (excludes halogenated alkanes) is 3. The molecule has 0 nitrogen and oxygen atoms in total. The summed E-state index contributed by atoms with van der Waals surface area (Å²) in [5.74, 6) is 0. The Morgan fingerprint density at radius 3 is 1.67 bits per heavy atom. The number of benzene rings is 2. The molecule has 2 aromatic carbocycles. The van der Waals surface area contributed by atoms with E-state index in [9.17, 15) is 0 Å². The first kappa shape index (κ1) is 16.2. The smallest absolute Gasteiger partial charge is 0.00701 e. The van der Waals surface area contributed by atoms with Crippen LogP contribution in [0.1, 0.15) is 43.7 Å². The molecule has 0 aromatic heterocycles. The molecule has 0 spiro atoms. The SMILES string of the molecule is CCCCCCP(Cc1ccccc1)Cc1ccccc1. The molecule has 0 unspecified atom stereocenters.